The van der Waals surface area contributed by atoms with Crippen LogP contribution in [-0.2, 0) is 6.42 Å². The summed E-state index contributed by atoms with van der Waals surface area (Å²) in [6, 6.07) is 4.91. The number of aromatic nitrogens is 2. The largest absolute Gasteiger partial charge is 0.339 e. The fraction of sp³-hybridized carbons (Fsp3) is 0.429. The fourth-order valence-electron chi connectivity index (χ4n) is 1.88. The summed E-state index contributed by atoms with van der Waals surface area (Å²) in [4.78, 5) is 4.25. The van der Waals surface area contributed by atoms with Crippen LogP contribution in [0.1, 0.15) is 31.2 Å². The van der Waals surface area contributed by atoms with E-state index in [-0.39, 0.29) is 11.9 Å². The maximum atomic E-state index is 13.5. The molecule has 2 N–H and O–H groups in total. The SMILES string of the molecule is CCCC(N)Cc1nc(-c2ccc(C)c(F)c2)no1. The summed E-state index contributed by atoms with van der Waals surface area (Å²) in [7, 11) is 0. The van der Waals surface area contributed by atoms with Crippen molar-refractivity contribution in [3.8, 4) is 11.4 Å². The van der Waals surface area contributed by atoms with Gasteiger partial charge >= 0.3 is 0 Å². The first-order chi connectivity index (χ1) is 9.10. The van der Waals surface area contributed by atoms with Gasteiger partial charge in [0, 0.05) is 18.0 Å². The summed E-state index contributed by atoms with van der Waals surface area (Å²) in [5.74, 6) is 0.626. The molecule has 4 nitrogen and oxygen atoms in total. The van der Waals surface area contributed by atoms with Crippen molar-refractivity contribution in [1.29, 1.82) is 0 Å². The molecular formula is C14H18FN3O. The van der Waals surface area contributed by atoms with Crippen LogP contribution in [0.4, 0.5) is 4.39 Å². The van der Waals surface area contributed by atoms with Crippen molar-refractivity contribution in [2.45, 2.75) is 39.2 Å². The molecule has 1 aromatic carbocycles. The van der Waals surface area contributed by atoms with E-state index in [1.54, 1.807) is 19.1 Å². The van der Waals surface area contributed by atoms with E-state index in [9.17, 15) is 4.39 Å². The third-order valence-electron chi connectivity index (χ3n) is 2.99. The van der Waals surface area contributed by atoms with E-state index in [1.807, 2.05) is 0 Å². The molecule has 0 radical (unpaired) electrons. The first kappa shape index (κ1) is 13.7. The predicted molar refractivity (Wildman–Crippen MR) is 71.0 cm³/mol. The van der Waals surface area contributed by atoms with Crippen molar-refractivity contribution in [3.63, 3.8) is 0 Å². The molecule has 0 amide bonds. The highest BCUT2D eigenvalue weighted by molar-refractivity contribution is 5.54. The molecule has 2 aromatic rings. The average Bonchev–Trinajstić information content (AvgIpc) is 2.81. The van der Waals surface area contributed by atoms with E-state index in [2.05, 4.69) is 17.1 Å². The zero-order chi connectivity index (χ0) is 13.8. The lowest BCUT2D eigenvalue weighted by Crippen LogP contribution is -2.22. The highest BCUT2D eigenvalue weighted by Gasteiger charge is 2.12. The summed E-state index contributed by atoms with van der Waals surface area (Å²) >= 11 is 0. The molecule has 5 heteroatoms. The molecule has 0 saturated heterocycles. The lowest BCUT2D eigenvalue weighted by Gasteiger charge is -2.05. The van der Waals surface area contributed by atoms with Crippen molar-refractivity contribution in [2.24, 2.45) is 5.73 Å². The van der Waals surface area contributed by atoms with Crippen LogP contribution in [0.15, 0.2) is 22.7 Å². The number of rotatable bonds is 5. The number of aryl methyl sites for hydroxylation is 1. The smallest absolute Gasteiger partial charge is 0.228 e. The van der Waals surface area contributed by atoms with Gasteiger partial charge in [-0.1, -0.05) is 30.6 Å². The summed E-state index contributed by atoms with van der Waals surface area (Å²) in [5, 5.41) is 3.86. The molecule has 0 fully saturated rings. The molecule has 0 aliphatic heterocycles. The highest BCUT2D eigenvalue weighted by atomic mass is 19.1. The van der Waals surface area contributed by atoms with Gasteiger partial charge in [-0.2, -0.15) is 4.98 Å². The van der Waals surface area contributed by atoms with E-state index < -0.39 is 0 Å². The Labute approximate surface area is 111 Å². The predicted octanol–water partition coefficient (Wildman–Crippen LogP) is 2.85. The van der Waals surface area contributed by atoms with Gasteiger partial charge in [-0.05, 0) is 25.0 Å². The summed E-state index contributed by atoms with van der Waals surface area (Å²) < 4.78 is 18.6. The van der Waals surface area contributed by atoms with E-state index >= 15 is 0 Å². The zero-order valence-electron chi connectivity index (χ0n) is 11.2. The van der Waals surface area contributed by atoms with Gasteiger partial charge in [-0.3, -0.25) is 0 Å². The Morgan fingerprint density at radius 2 is 2.21 bits per heavy atom. The van der Waals surface area contributed by atoms with Crippen LogP contribution in [0.5, 0.6) is 0 Å². The molecule has 19 heavy (non-hydrogen) atoms. The number of nitrogens with zero attached hydrogens (tertiary/aromatic N) is 2. The number of hydrogen-bond acceptors (Lipinski definition) is 4. The van der Waals surface area contributed by atoms with Gasteiger partial charge in [-0.25, -0.2) is 4.39 Å². The van der Waals surface area contributed by atoms with E-state index in [4.69, 9.17) is 10.3 Å². The standard InChI is InChI=1S/C14H18FN3O/c1-3-4-11(16)8-13-17-14(18-19-13)10-6-5-9(2)12(15)7-10/h5-7,11H,3-4,8,16H2,1-2H3. The molecule has 0 spiro atoms. The Hall–Kier alpha value is -1.75. The number of halogens is 1. The normalized spacial score (nSPS) is 12.6. The van der Waals surface area contributed by atoms with Crippen LogP contribution in [0.25, 0.3) is 11.4 Å². The van der Waals surface area contributed by atoms with Crippen molar-refractivity contribution in [2.75, 3.05) is 0 Å². The third-order valence-corrected chi connectivity index (χ3v) is 2.99. The van der Waals surface area contributed by atoms with Gasteiger partial charge in [-0.15, -0.1) is 0 Å². The second-order valence-electron chi connectivity index (χ2n) is 4.73. The Balaban J connectivity index is 2.14. The van der Waals surface area contributed by atoms with Gasteiger partial charge in [0.15, 0.2) is 0 Å². The van der Waals surface area contributed by atoms with Crippen molar-refractivity contribution < 1.29 is 8.91 Å². The molecule has 0 aliphatic carbocycles. The first-order valence-corrected chi connectivity index (χ1v) is 6.45. The van der Waals surface area contributed by atoms with Gasteiger partial charge < -0.3 is 10.3 Å². The van der Waals surface area contributed by atoms with Crippen LogP contribution in [0.3, 0.4) is 0 Å². The highest BCUT2D eigenvalue weighted by Crippen LogP contribution is 2.19. The van der Waals surface area contributed by atoms with Crippen molar-refractivity contribution >= 4 is 0 Å². The minimum absolute atomic E-state index is 0.0213. The summed E-state index contributed by atoms with van der Waals surface area (Å²) in [5.41, 5.74) is 7.13. The summed E-state index contributed by atoms with van der Waals surface area (Å²) in [6.07, 6.45) is 2.48. The van der Waals surface area contributed by atoms with Crippen LogP contribution in [-0.4, -0.2) is 16.2 Å². The number of benzene rings is 1. The average molecular weight is 263 g/mol. The van der Waals surface area contributed by atoms with Crippen LogP contribution in [0.2, 0.25) is 0 Å². The minimum atomic E-state index is -0.272. The molecule has 2 rings (SSSR count). The van der Waals surface area contributed by atoms with Gasteiger partial charge in [0.1, 0.15) is 5.82 Å². The van der Waals surface area contributed by atoms with Crippen molar-refractivity contribution in [1.82, 2.24) is 10.1 Å². The molecule has 0 bridgehead atoms. The second-order valence-corrected chi connectivity index (χ2v) is 4.73. The zero-order valence-corrected chi connectivity index (χ0v) is 11.2. The second kappa shape index (κ2) is 5.93. The Kier molecular flexibility index (Phi) is 4.27. The molecule has 1 unspecified atom stereocenters. The quantitative estimate of drug-likeness (QED) is 0.900. The third kappa shape index (κ3) is 3.38. The maximum Gasteiger partial charge on any atom is 0.228 e. The van der Waals surface area contributed by atoms with E-state index in [0.717, 1.165) is 12.8 Å². The molecule has 1 heterocycles. The Morgan fingerprint density at radius 1 is 1.42 bits per heavy atom. The molecule has 0 saturated carbocycles. The number of nitrogens with two attached hydrogens (primary N) is 1. The van der Waals surface area contributed by atoms with Crippen molar-refractivity contribution in [3.05, 3.63) is 35.5 Å². The molecular weight excluding hydrogens is 245 g/mol. The fourth-order valence-corrected chi connectivity index (χ4v) is 1.88. The Morgan fingerprint density at radius 3 is 2.89 bits per heavy atom. The van der Waals surface area contributed by atoms with Gasteiger partial charge in [0.05, 0.1) is 0 Å². The minimum Gasteiger partial charge on any atom is -0.339 e. The lowest BCUT2D eigenvalue weighted by molar-refractivity contribution is 0.366. The van der Waals surface area contributed by atoms with Gasteiger partial charge in [0.2, 0.25) is 11.7 Å². The van der Waals surface area contributed by atoms with Gasteiger partial charge in [0.25, 0.3) is 0 Å². The number of hydrogen-bond donors (Lipinski definition) is 1. The lowest BCUT2D eigenvalue weighted by atomic mass is 10.1. The Bertz CT molecular complexity index is 553. The maximum absolute atomic E-state index is 13.5. The summed E-state index contributed by atoms with van der Waals surface area (Å²) in [6.45, 7) is 3.79. The molecule has 1 aromatic heterocycles. The molecule has 1 atom stereocenters. The monoisotopic (exact) mass is 263 g/mol. The van der Waals surface area contributed by atoms with Crippen LogP contribution in [0, 0.1) is 12.7 Å². The van der Waals surface area contributed by atoms with E-state index in [0.29, 0.717) is 29.3 Å². The van der Waals surface area contributed by atoms with Crippen LogP contribution >= 0.6 is 0 Å². The topological polar surface area (TPSA) is 64.9 Å². The first-order valence-electron chi connectivity index (χ1n) is 6.45. The molecule has 102 valence electrons. The van der Waals surface area contributed by atoms with E-state index in [1.165, 1.54) is 6.07 Å². The molecule has 0 aliphatic rings. The van der Waals surface area contributed by atoms with Crippen LogP contribution < -0.4 is 5.73 Å².